The number of thiophene rings is 1. The minimum atomic E-state index is -0.475. The first-order valence-corrected chi connectivity index (χ1v) is 7.25. The Morgan fingerprint density at radius 2 is 2.50 bits per heavy atom. The number of aliphatic hydroxyl groups excluding tert-OH is 1. The summed E-state index contributed by atoms with van der Waals surface area (Å²) in [4.78, 5) is 14.7. The second kappa shape index (κ2) is 5.82. The van der Waals surface area contributed by atoms with Gasteiger partial charge in [0, 0.05) is 17.5 Å². The number of carbonyl (C=O) groups excluding carboxylic acids is 1. The van der Waals surface area contributed by atoms with Crippen LogP contribution in [0, 0.1) is 0 Å². The van der Waals surface area contributed by atoms with E-state index in [4.69, 9.17) is 5.73 Å². The summed E-state index contributed by atoms with van der Waals surface area (Å²) >= 11 is 1.55. The number of likely N-dealkylation sites (tertiary alicyclic amines) is 1. The summed E-state index contributed by atoms with van der Waals surface area (Å²) in [6.45, 7) is 2.48. The van der Waals surface area contributed by atoms with Crippen LogP contribution in [0.2, 0.25) is 0 Å². The smallest absolute Gasteiger partial charge is 0.239 e. The predicted octanol–water partition coefficient (Wildman–Crippen LogP) is 1.51. The van der Waals surface area contributed by atoms with Crippen molar-refractivity contribution in [3.63, 3.8) is 0 Å². The van der Waals surface area contributed by atoms with Gasteiger partial charge in [-0.25, -0.2) is 0 Å². The van der Waals surface area contributed by atoms with Gasteiger partial charge in [0.2, 0.25) is 5.91 Å². The van der Waals surface area contributed by atoms with Gasteiger partial charge in [-0.1, -0.05) is 6.07 Å². The molecular weight excluding hydrogens is 248 g/mol. The van der Waals surface area contributed by atoms with E-state index in [2.05, 4.69) is 0 Å². The molecule has 0 spiro atoms. The summed E-state index contributed by atoms with van der Waals surface area (Å²) in [7, 11) is 0. The minimum Gasteiger partial charge on any atom is -0.387 e. The van der Waals surface area contributed by atoms with Crippen molar-refractivity contribution in [2.45, 2.75) is 44.4 Å². The van der Waals surface area contributed by atoms with Gasteiger partial charge in [0.05, 0.1) is 12.1 Å². The Hall–Kier alpha value is -0.910. The van der Waals surface area contributed by atoms with Crippen LogP contribution in [0.3, 0.4) is 0 Å². The minimum absolute atomic E-state index is 0.00382. The summed E-state index contributed by atoms with van der Waals surface area (Å²) in [5, 5.41) is 12.1. The Morgan fingerprint density at radius 1 is 1.72 bits per heavy atom. The molecule has 0 radical (unpaired) electrons. The van der Waals surface area contributed by atoms with E-state index in [1.54, 1.807) is 18.3 Å². The standard InChI is InChI=1S/C13H20N2O2S/c1-9(14)13(17)15-6-2-4-10(15)8-11(16)12-5-3-7-18-12/h3,5,7,9-11,16H,2,4,6,8,14H2,1H3/t9-,10?,11?/m1/s1. The zero-order valence-corrected chi connectivity index (χ0v) is 11.4. The molecule has 1 fully saturated rings. The van der Waals surface area contributed by atoms with Gasteiger partial charge in [-0.2, -0.15) is 0 Å². The normalized spacial score (nSPS) is 23.1. The third-order valence-corrected chi connectivity index (χ3v) is 4.39. The van der Waals surface area contributed by atoms with Gasteiger partial charge in [0.15, 0.2) is 0 Å². The molecule has 4 nitrogen and oxygen atoms in total. The lowest BCUT2D eigenvalue weighted by Crippen LogP contribution is -2.44. The molecule has 5 heteroatoms. The van der Waals surface area contributed by atoms with E-state index < -0.39 is 12.1 Å². The van der Waals surface area contributed by atoms with Crippen molar-refractivity contribution in [1.29, 1.82) is 0 Å². The predicted molar refractivity (Wildman–Crippen MR) is 72.3 cm³/mol. The molecule has 0 saturated carbocycles. The highest BCUT2D eigenvalue weighted by Gasteiger charge is 2.31. The number of amides is 1. The van der Waals surface area contributed by atoms with Crippen LogP contribution >= 0.6 is 11.3 Å². The molecule has 1 aromatic heterocycles. The molecule has 1 aliphatic rings. The zero-order chi connectivity index (χ0) is 13.1. The first-order valence-electron chi connectivity index (χ1n) is 6.37. The number of rotatable bonds is 4. The first kappa shape index (κ1) is 13.5. The van der Waals surface area contributed by atoms with Crippen molar-refractivity contribution in [2.24, 2.45) is 5.73 Å². The summed E-state index contributed by atoms with van der Waals surface area (Å²) in [5.74, 6) is -0.00382. The van der Waals surface area contributed by atoms with Crippen molar-refractivity contribution in [1.82, 2.24) is 4.90 Å². The maximum Gasteiger partial charge on any atom is 0.239 e. The topological polar surface area (TPSA) is 66.6 Å². The highest BCUT2D eigenvalue weighted by atomic mass is 32.1. The van der Waals surface area contributed by atoms with Gasteiger partial charge < -0.3 is 15.7 Å². The second-order valence-electron chi connectivity index (χ2n) is 4.88. The number of hydrogen-bond acceptors (Lipinski definition) is 4. The summed E-state index contributed by atoms with van der Waals surface area (Å²) in [6.07, 6.45) is 2.09. The summed E-state index contributed by atoms with van der Waals surface area (Å²) < 4.78 is 0. The van der Waals surface area contributed by atoms with Gasteiger partial charge in [-0.3, -0.25) is 4.79 Å². The van der Waals surface area contributed by atoms with Crippen LogP contribution in [0.1, 0.15) is 37.2 Å². The molecule has 2 unspecified atom stereocenters. The van der Waals surface area contributed by atoms with Crippen LogP contribution in [0.5, 0.6) is 0 Å². The quantitative estimate of drug-likeness (QED) is 0.870. The fourth-order valence-corrected chi connectivity index (χ4v) is 3.21. The SMILES string of the molecule is C[C@@H](N)C(=O)N1CCCC1CC(O)c1cccs1. The largest absolute Gasteiger partial charge is 0.387 e. The van der Waals surface area contributed by atoms with Crippen LogP contribution < -0.4 is 5.73 Å². The van der Waals surface area contributed by atoms with Gasteiger partial charge >= 0.3 is 0 Å². The molecule has 3 N–H and O–H groups in total. The van der Waals surface area contributed by atoms with E-state index in [-0.39, 0.29) is 11.9 Å². The van der Waals surface area contributed by atoms with Gasteiger partial charge in [0.25, 0.3) is 0 Å². The monoisotopic (exact) mass is 268 g/mol. The molecule has 1 aliphatic heterocycles. The highest BCUT2D eigenvalue weighted by molar-refractivity contribution is 7.10. The lowest BCUT2D eigenvalue weighted by Gasteiger charge is -2.27. The van der Waals surface area contributed by atoms with E-state index >= 15 is 0 Å². The van der Waals surface area contributed by atoms with Crippen LogP contribution in [0.4, 0.5) is 0 Å². The number of aliphatic hydroxyl groups is 1. The molecule has 0 aliphatic carbocycles. The molecule has 100 valence electrons. The van der Waals surface area contributed by atoms with Crippen molar-refractivity contribution >= 4 is 17.2 Å². The van der Waals surface area contributed by atoms with Crippen molar-refractivity contribution < 1.29 is 9.90 Å². The second-order valence-corrected chi connectivity index (χ2v) is 5.86. The van der Waals surface area contributed by atoms with E-state index in [1.807, 2.05) is 22.4 Å². The van der Waals surface area contributed by atoms with Crippen LogP contribution in [0.25, 0.3) is 0 Å². The van der Waals surface area contributed by atoms with E-state index in [0.717, 1.165) is 24.3 Å². The van der Waals surface area contributed by atoms with Gasteiger partial charge in [-0.05, 0) is 37.6 Å². The Kier molecular flexibility index (Phi) is 4.37. The number of carbonyl (C=O) groups is 1. The third-order valence-electron chi connectivity index (χ3n) is 3.42. The Bertz CT molecular complexity index is 392. The number of hydrogen-bond donors (Lipinski definition) is 2. The average Bonchev–Trinajstić information content (AvgIpc) is 2.98. The first-order chi connectivity index (χ1) is 8.59. The highest BCUT2D eigenvalue weighted by Crippen LogP contribution is 2.29. The number of nitrogens with two attached hydrogens (primary N) is 1. The average molecular weight is 268 g/mol. The molecule has 1 amide bonds. The Balaban J connectivity index is 1.98. The van der Waals surface area contributed by atoms with Gasteiger partial charge in [-0.15, -0.1) is 11.3 Å². The summed E-state index contributed by atoms with van der Waals surface area (Å²) in [5.41, 5.74) is 5.65. The van der Waals surface area contributed by atoms with E-state index in [9.17, 15) is 9.90 Å². The fourth-order valence-electron chi connectivity index (χ4n) is 2.49. The van der Waals surface area contributed by atoms with Crippen LogP contribution in [-0.4, -0.2) is 34.5 Å². The number of nitrogens with zero attached hydrogens (tertiary/aromatic N) is 1. The molecule has 18 heavy (non-hydrogen) atoms. The molecule has 2 heterocycles. The van der Waals surface area contributed by atoms with Crippen LogP contribution in [0.15, 0.2) is 17.5 Å². The van der Waals surface area contributed by atoms with E-state index in [1.165, 1.54) is 0 Å². The van der Waals surface area contributed by atoms with Crippen LogP contribution in [-0.2, 0) is 4.79 Å². The zero-order valence-electron chi connectivity index (χ0n) is 10.6. The molecule has 1 aromatic rings. The van der Waals surface area contributed by atoms with Crippen molar-refractivity contribution in [3.8, 4) is 0 Å². The maximum atomic E-state index is 11.9. The lowest BCUT2D eigenvalue weighted by molar-refractivity contribution is -0.133. The Labute approximate surface area is 111 Å². The van der Waals surface area contributed by atoms with Crippen molar-refractivity contribution in [3.05, 3.63) is 22.4 Å². The third kappa shape index (κ3) is 2.91. The van der Waals surface area contributed by atoms with E-state index in [0.29, 0.717) is 6.42 Å². The lowest BCUT2D eigenvalue weighted by atomic mass is 10.1. The van der Waals surface area contributed by atoms with Crippen molar-refractivity contribution in [2.75, 3.05) is 6.54 Å². The Morgan fingerprint density at radius 3 is 3.11 bits per heavy atom. The summed E-state index contributed by atoms with van der Waals surface area (Å²) in [6, 6.07) is 3.54. The molecule has 1 saturated heterocycles. The molecule has 0 aromatic carbocycles. The molecule has 3 atom stereocenters. The fraction of sp³-hybridized carbons (Fsp3) is 0.615. The van der Waals surface area contributed by atoms with Gasteiger partial charge in [0.1, 0.15) is 0 Å². The maximum absolute atomic E-state index is 11.9. The molecular formula is C13H20N2O2S. The molecule has 0 bridgehead atoms. The molecule has 2 rings (SSSR count).